The Morgan fingerprint density at radius 1 is 1.27 bits per heavy atom. The second-order valence-corrected chi connectivity index (χ2v) is 5.47. The van der Waals surface area contributed by atoms with Crippen molar-refractivity contribution in [2.75, 3.05) is 0 Å². The first kappa shape index (κ1) is 17.2. The second-order valence-electron chi connectivity index (χ2n) is 5.47. The lowest BCUT2D eigenvalue weighted by atomic mass is 10.2. The van der Waals surface area contributed by atoms with Gasteiger partial charge in [-0.2, -0.15) is 4.98 Å². The minimum Gasteiger partial charge on any atom is -0.341 e. The Balaban J connectivity index is 1.71. The van der Waals surface area contributed by atoms with Crippen molar-refractivity contribution >= 4 is 11.6 Å². The molecule has 1 N–H and O–H groups in total. The van der Waals surface area contributed by atoms with E-state index < -0.39 is 22.7 Å². The molecular formula is C17H13FN4O4. The molecule has 2 aromatic carbocycles. The predicted octanol–water partition coefficient (Wildman–Crippen LogP) is 3.27. The Morgan fingerprint density at radius 3 is 2.65 bits per heavy atom. The first-order valence-corrected chi connectivity index (χ1v) is 7.59. The number of nitro groups is 1. The number of rotatable bonds is 5. The van der Waals surface area contributed by atoms with E-state index in [1.165, 1.54) is 42.5 Å². The summed E-state index contributed by atoms with van der Waals surface area (Å²) < 4.78 is 18.4. The highest BCUT2D eigenvalue weighted by Gasteiger charge is 2.19. The van der Waals surface area contributed by atoms with Gasteiger partial charge < -0.3 is 9.84 Å². The first-order chi connectivity index (χ1) is 12.4. The maximum absolute atomic E-state index is 13.3. The van der Waals surface area contributed by atoms with Crippen LogP contribution in [0.2, 0.25) is 0 Å². The van der Waals surface area contributed by atoms with Gasteiger partial charge in [0.25, 0.3) is 11.6 Å². The summed E-state index contributed by atoms with van der Waals surface area (Å²) in [6, 6.07) is 10.3. The van der Waals surface area contributed by atoms with Gasteiger partial charge in [-0.15, -0.1) is 0 Å². The number of hydrogen-bond donors (Lipinski definition) is 1. The van der Waals surface area contributed by atoms with E-state index in [9.17, 15) is 19.3 Å². The fraction of sp³-hybridized carbons (Fsp3) is 0.118. The SMILES string of the molecule is C[C@@H](NC(=O)c1ccc([N+](=O)[O-])cc1)c1nc(-c2cccc(F)c2)no1. The summed E-state index contributed by atoms with van der Waals surface area (Å²) in [7, 11) is 0. The van der Waals surface area contributed by atoms with Crippen molar-refractivity contribution in [3.05, 3.63) is 75.9 Å². The molecule has 0 aliphatic carbocycles. The van der Waals surface area contributed by atoms with E-state index in [2.05, 4.69) is 15.5 Å². The molecule has 8 nitrogen and oxygen atoms in total. The molecule has 1 heterocycles. The number of aromatic nitrogens is 2. The van der Waals surface area contributed by atoms with Crippen molar-refractivity contribution in [2.45, 2.75) is 13.0 Å². The lowest BCUT2D eigenvalue weighted by Gasteiger charge is -2.09. The van der Waals surface area contributed by atoms with Crippen LogP contribution in [-0.2, 0) is 0 Å². The van der Waals surface area contributed by atoms with Gasteiger partial charge in [0.2, 0.25) is 11.7 Å². The molecule has 3 aromatic rings. The number of halogens is 1. The number of nitrogens with one attached hydrogen (secondary N) is 1. The number of nitro benzene ring substituents is 1. The monoisotopic (exact) mass is 356 g/mol. The third-order valence-electron chi connectivity index (χ3n) is 3.58. The van der Waals surface area contributed by atoms with Crippen LogP contribution in [0.4, 0.5) is 10.1 Å². The molecular weight excluding hydrogens is 343 g/mol. The smallest absolute Gasteiger partial charge is 0.269 e. The van der Waals surface area contributed by atoms with E-state index in [0.717, 1.165) is 0 Å². The third-order valence-corrected chi connectivity index (χ3v) is 3.58. The van der Waals surface area contributed by atoms with E-state index >= 15 is 0 Å². The normalized spacial score (nSPS) is 11.8. The van der Waals surface area contributed by atoms with E-state index in [1.807, 2.05) is 0 Å². The molecule has 3 rings (SSSR count). The molecule has 0 aliphatic rings. The maximum Gasteiger partial charge on any atom is 0.269 e. The minimum absolute atomic E-state index is 0.105. The van der Waals surface area contributed by atoms with Gasteiger partial charge in [0.1, 0.15) is 11.9 Å². The zero-order valence-corrected chi connectivity index (χ0v) is 13.5. The van der Waals surface area contributed by atoms with Crippen LogP contribution < -0.4 is 5.32 Å². The quantitative estimate of drug-likeness (QED) is 0.555. The van der Waals surface area contributed by atoms with Gasteiger partial charge >= 0.3 is 0 Å². The Morgan fingerprint density at radius 2 is 2.00 bits per heavy atom. The van der Waals surface area contributed by atoms with Crippen LogP contribution in [0.15, 0.2) is 53.1 Å². The highest BCUT2D eigenvalue weighted by molar-refractivity contribution is 5.94. The first-order valence-electron chi connectivity index (χ1n) is 7.59. The summed E-state index contributed by atoms with van der Waals surface area (Å²) in [6.45, 7) is 1.64. The molecule has 0 saturated heterocycles. The Hall–Kier alpha value is -3.62. The van der Waals surface area contributed by atoms with E-state index in [0.29, 0.717) is 5.56 Å². The molecule has 9 heteroatoms. The fourth-order valence-corrected chi connectivity index (χ4v) is 2.23. The highest BCUT2D eigenvalue weighted by atomic mass is 19.1. The van der Waals surface area contributed by atoms with Gasteiger partial charge in [-0.25, -0.2) is 4.39 Å². The number of carbonyl (C=O) groups is 1. The highest BCUT2D eigenvalue weighted by Crippen LogP contribution is 2.20. The fourth-order valence-electron chi connectivity index (χ4n) is 2.23. The van der Waals surface area contributed by atoms with Crippen LogP contribution in [0, 0.1) is 15.9 Å². The Bertz CT molecular complexity index is 955. The summed E-state index contributed by atoms with van der Waals surface area (Å²) in [5, 5.41) is 17.1. The van der Waals surface area contributed by atoms with Gasteiger partial charge in [-0.05, 0) is 31.2 Å². The molecule has 1 amide bonds. The standard InChI is InChI=1S/C17H13FN4O4/c1-10(19-16(23)11-5-7-14(8-6-11)22(24)25)17-20-15(21-26-17)12-3-2-4-13(18)9-12/h2-10H,1H3,(H,19,23)/t10-/m1/s1. The van der Waals surface area contributed by atoms with E-state index in [-0.39, 0.29) is 23.0 Å². The minimum atomic E-state index is -0.604. The van der Waals surface area contributed by atoms with E-state index in [1.54, 1.807) is 13.0 Å². The van der Waals surface area contributed by atoms with Crippen LogP contribution in [0.25, 0.3) is 11.4 Å². The zero-order valence-electron chi connectivity index (χ0n) is 13.5. The molecule has 26 heavy (non-hydrogen) atoms. The lowest BCUT2D eigenvalue weighted by Crippen LogP contribution is -2.26. The summed E-state index contributed by atoms with van der Waals surface area (Å²) in [6.07, 6.45) is 0. The molecule has 132 valence electrons. The van der Waals surface area contributed by atoms with Crippen molar-refractivity contribution in [1.82, 2.24) is 15.5 Å². The van der Waals surface area contributed by atoms with Crippen LogP contribution >= 0.6 is 0 Å². The molecule has 0 aliphatic heterocycles. The van der Waals surface area contributed by atoms with Crippen LogP contribution in [0.1, 0.15) is 29.2 Å². The molecule has 1 atom stereocenters. The predicted molar refractivity (Wildman–Crippen MR) is 88.7 cm³/mol. The summed E-state index contributed by atoms with van der Waals surface area (Å²) in [4.78, 5) is 26.5. The summed E-state index contributed by atoms with van der Waals surface area (Å²) >= 11 is 0. The Labute approximate surface area is 146 Å². The van der Waals surface area contributed by atoms with Gasteiger partial charge in [0.05, 0.1) is 4.92 Å². The molecule has 0 saturated carbocycles. The third kappa shape index (κ3) is 3.72. The van der Waals surface area contributed by atoms with Crippen molar-refractivity contribution < 1.29 is 18.6 Å². The van der Waals surface area contributed by atoms with Crippen molar-refractivity contribution in [3.63, 3.8) is 0 Å². The summed E-state index contributed by atoms with van der Waals surface area (Å²) in [5.74, 6) is -0.512. The topological polar surface area (TPSA) is 111 Å². The van der Waals surface area contributed by atoms with Crippen LogP contribution in [0.5, 0.6) is 0 Å². The molecule has 0 unspecified atom stereocenters. The summed E-state index contributed by atoms with van der Waals surface area (Å²) in [5.41, 5.74) is 0.604. The number of nitrogens with zero attached hydrogens (tertiary/aromatic N) is 3. The van der Waals surface area contributed by atoms with Crippen molar-refractivity contribution in [2.24, 2.45) is 0 Å². The van der Waals surface area contributed by atoms with Crippen molar-refractivity contribution in [1.29, 1.82) is 0 Å². The van der Waals surface area contributed by atoms with Gasteiger partial charge in [0, 0.05) is 23.3 Å². The Kier molecular flexibility index (Phi) is 4.70. The van der Waals surface area contributed by atoms with Crippen LogP contribution in [-0.4, -0.2) is 21.0 Å². The van der Waals surface area contributed by atoms with Gasteiger partial charge in [-0.1, -0.05) is 17.3 Å². The van der Waals surface area contributed by atoms with Crippen LogP contribution in [0.3, 0.4) is 0 Å². The molecule has 0 radical (unpaired) electrons. The number of carbonyl (C=O) groups excluding carboxylic acids is 1. The zero-order chi connectivity index (χ0) is 18.7. The van der Waals surface area contributed by atoms with Gasteiger partial charge in [-0.3, -0.25) is 14.9 Å². The molecule has 0 fully saturated rings. The maximum atomic E-state index is 13.3. The average molecular weight is 356 g/mol. The van der Waals surface area contributed by atoms with Gasteiger partial charge in [0.15, 0.2) is 0 Å². The lowest BCUT2D eigenvalue weighted by molar-refractivity contribution is -0.384. The van der Waals surface area contributed by atoms with Crippen molar-refractivity contribution in [3.8, 4) is 11.4 Å². The average Bonchev–Trinajstić information content (AvgIpc) is 3.12. The number of non-ortho nitro benzene ring substituents is 1. The molecule has 0 spiro atoms. The molecule has 0 bridgehead atoms. The van der Waals surface area contributed by atoms with E-state index in [4.69, 9.17) is 4.52 Å². The second kappa shape index (κ2) is 7.09. The number of benzene rings is 2. The largest absolute Gasteiger partial charge is 0.341 e. The number of hydrogen-bond acceptors (Lipinski definition) is 6. The molecule has 1 aromatic heterocycles. The number of amides is 1.